The molecule has 0 atom stereocenters. The van der Waals surface area contributed by atoms with Gasteiger partial charge in [0.15, 0.2) is 0 Å². The number of hydrogen-bond acceptors (Lipinski definition) is 2. The Labute approximate surface area is 112 Å². The first-order valence-corrected chi connectivity index (χ1v) is 6.74. The van der Waals surface area contributed by atoms with E-state index in [9.17, 15) is 4.39 Å². The van der Waals surface area contributed by atoms with Gasteiger partial charge in [0.05, 0.1) is 0 Å². The Morgan fingerprint density at radius 2 is 1.74 bits per heavy atom. The maximum Gasteiger partial charge on any atom is 0.128 e. The molecule has 1 aliphatic heterocycles. The first kappa shape index (κ1) is 12.2. The number of nitrogens with zero attached hydrogens (tertiary/aromatic N) is 2. The summed E-state index contributed by atoms with van der Waals surface area (Å²) < 4.78 is 12.9. The summed E-state index contributed by atoms with van der Waals surface area (Å²) >= 11 is 0. The van der Waals surface area contributed by atoms with E-state index in [4.69, 9.17) is 0 Å². The van der Waals surface area contributed by atoms with E-state index >= 15 is 0 Å². The molecule has 1 fully saturated rings. The number of aromatic nitrogens is 1. The van der Waals surface area contributed by atoms with E-state index in [-0.39, 0.29) is 5.82 Å². The largest absolute Gasteiger partial charge is 0.357 e. The summed E-state index contributed by atoms with van der Waals surface area (Å²) in [5.74, 6) is 1.44. The summed E-state index contributed by atoms with van der Waals surface area (Å²) in [5.41, 5.74) is 1.25. The molecule has 1 aliphatic rings. The van der Waals surface area contributed by atoms with Gasteiger partial charge in [-0.2, -0.15) is 0 Å². The molecule has 0 unspecified atom stereocenters. The van der Waals surface area contributed by atoms with E-state index in [2.05, 4.69) is 16.0 Å². The Kier molecular flexibility index (Phi) is 3.45. The lowest BCUT2D eigenvalue weighted by Crippen LogP contribution is -2.33. The second-order valence-electron chi connectivity index (χ2n) is 5.00. The SMILES string of the molecule is Fc1ccc(C2CCN(c3ccccn3)CC2)cc1. The maximum absolute atomic E-state index is 12.9. The highest BCUT2D eigenvalue weighted by atomic mass is 19.1. The zero-order chi connectivity index (χ0) is 13.1. The van der Waals surface area contributed by atoms with Crippen molar-refractivity contribution in [3.63, 3.8) is 0 Å². The minimum atomic E-state index is -0.158. The van der Waals surface area contributed by atoms with Crippen LogP contribution in [-0.4, -0.2) is 18.1 Å². The van der Waals surface area contributed by atoms with Gasteiger partial charge in [-0.25, -0.2) is 9.37 Å². The van der Waals surface area contributed by atoms with Crippen molar-refractivity contribution in [2.45, 2.75) is 18.8 Å². The van der Waals surface area contributed by atoms with Crippen molar-refractivity contribution in [1.82, 2.24) is 4.98 Å². The second kappa shape index (κ2) is 5.39. The Balaban J connectivity index is 1.65. The molecule has 98 valence electrons. The fourth-order valence-electron chi connectivity index (χ4n) is 2.72. The lowest BCUT2D eigenvalue weighted by Gasteiger charge is -2.33. The number of anilines is 1. The van der Waals surface area contributed by atoms with Gasteiger partial charge in [0.1, 0.15) is 11.6 Å². The lowest BCUT2D eigenvalue weighted by molar-refractivity contribution is 0.502. The monoisotopic (exact) mass is 256 g/mol. The van der Waals surface area contributed by atoms with Crippen LogP contribution in [0.5, 0.6) is 0 Å². The van der Waals surface area contributed by atoms with Crippen molar-refractivity contribution >= 4 is 5.82 Å². The molecule has 2 nitrogen and oxygen atoms in total. The quantitative estimate of drug-likeness (QED) is 0.816. The molecular weight excluding hydrogens is 239 g/mol. The van der Waals surface area contributed by atoms with Crippen molar-refractivity contribution in [2.75, 3.05) is 18.0 Å². The van der Waals surface area contributed by atoms with Gasteiger partial charge < -0.3 is 4.90 Å². The van der Waals surface area contributed by atoms with Crippen LogP contribution in [0.2, 0.25) is 0 Å². The number of halogens is 1. The minimum absolute atomic E-state index is 0.158. The van der Waals surface area contributed by atoms with Crippen LogP contribution in [0.1, 0.15) is 24.3 Å². The van der Waals surface area contributed by atoms with Crippen molar-refractivity contribution in [1.29, 1.82) is 0 Å². The third-order valence-corrected chi connectivity index (χ3v) is 3.81. The predicted molar refractivity (Wildman–Crippen MR) is 74.8 cm³/mol. The standard InChI is InChI=1S/C16H17FN2/c17-15-6-4-13(5-7-15)14-8-11-19(12-9-14)16-3-1-2-10-18-16/h1-7,10,14H,8-9,11-12H2. The number of benzene rings is 1. The van der Waals surface area contributed by atoms with Crippen LogP contribution < -0.4 is 4.90 Å². The Hall–Kier alpha value is -1.90. The highest BCUT2D eigenvalue weighted by molar-refractivity contribution is 5.38. The first-order valence-electron chi connectivity index (χ1n) is 6.74. The Bertz CT molecular complexity index is 516. The fraction of sp³-hybridized carbons (Fsp3) is 0.312. The summed E-state index contributed by atoms with van der Waals surface area (Å²) in [5, 5.41) is 0. The molecule has 0 bridgehead atoms. The van der Waals surface area contributed by atoms with Gasteiger partial charge in [-0.15, -0.1) is 0 Å². The zero-order valence-corrected chi connectivity index (χ0v) is 10.8. The van der Waals surface area contributed by atoms with Crippen LogP contribution in [0.4, 0.5) is 10.2 Å². The molecule has 0 aliphatic carbocycles. The Morgan fingerprint density at radius 3 is 2.37 bits per heavy atom. The van der Waals surface area contributed by atoms with E-state index in [0.29, 0.717) is 5.92 Å². The second-order valence-corrected chi connectivity index (χ2v) is 5.00. The zero-order valence-electron chi connectivity index (χ0n) is 10.8. The van der Waals surface area contributed by atoms with Gasteiger partial charge in [0, 0.05) is 19.3 Å². The number of piperidine rings is 1. The third kappa shape index (κ3) is 2.75. The van der Waals surface area contributed by atoms with Crippen LogP contribution in [0.25, 0.3) is 0 Å². The van der Waals surface area contributed by atoms with Crippen LogP contribution in [0, 0.1) is 5.82 Å². The molecule has 2 aromatic rings. The van der Waals surface area contributed by atoms with Crippen molar-refractivity contribution in [2.24, 2.45) is 0 Å². The molecule has 1 aromatic heterocycles. The molecule has 1 aromatic carbocycles. The maximum atomic E-state index is 12.9. The molecule has 1 saturated heterocycles. The van der Waals surface area contributed by atoms with E-state index in [1.165, 1.54) is 5.56 Å². The summed E-state index contributed by atoms with van der Waals surface area (Å²) in [4.78, 5) is 6.71. The fourth-order valence-corrected chi connectivity index (χ4v) is 2.72. The predicted octanol–water partition coefficient (Wildman–Crippen LogP) is 3.60. The van der Waals surface area contributed by atoms with E-state index in [1.807, 2.05) is 30.5 Å². The highest BCUT2D eigenvalue weighted by Crippen LogP contribution is 2.29. The highest BCUT2D eigenvalue weighted by Gasteiger charge is 2.21. The molecule has 0 N–H and O–H groups in total. The Morgan fingerprint density at radius 1 is 1.00 bits per heavy atom. The number of hydrogen-bond donors (Lipinski definition) is 0. The molecule has 3 rings (SSSR count). The normalized spacial score (nSPS) is 16.6. The van der Waals surface area contributed by atoms with Crippen LogP contribution >= 0.6 is 0 Å². The molecule has 2 heterocycles. The van der Waals surface area contributed by atoms with Gasteiger partial charge in [0.25, 0.3) is 0 Å². The first-order chi connectivity index (χ1) is 9.33. The van der Waals surface area contributed by atoms with Gasteiger partial charge >= 0.3 is 0 Å². The van der Waals surface area contributed by atoms with Crippen molar-refractivity contribution < 1.29 is 4.39 Å². The topological polar surface area (TPSA) is 16.1 Å². The smallest absolute Gasteiger partial charge is 0.128 e. The lowest BCUT2D eigenvalue weighted by atomic mass is 9.89. The van der Waals surface area contributed by atoms with E-state index in [0.717, 1.165) is 31.7 Å². The van der Waals surface area contributed by atoms with E-state index in [1.54, 1.807) is 12.1 Å². The van der Waals surface area contributed by atoms with E-state index < -0.39 is 0 Å². The van der Waals surface area contributed by atoms with Crippen LogP contribution in [0.15, 0.2) is 48.7 Å². The van der Waals surface area contributed by atoms with Crippen molar-refractivity contribution in [3.8, 4) is 0 Å². The third-order valence-electron chi connectivity index (χ3n) is 3.81. The van der Waals surface area contributed by atoms with Crippen molar-refractivity contribution in [3.05, 3.63) is 60.0 Å². The number of rotatable bonds is 2. The molecule has 0 amide bonds. The summed E-state index contributed by atoms with van der Waals surface area (Å²) in [6, 6.07) is 13.0. The van der Waals surface area contributed by atoms with Crippen LogP contribution in [0.3, 0.4) is 0 Å². The summed E-state index contributed by atoms with van der Waals surface area (Å²) in [6.45, 7) is 2.03. The minimum Gasteiger partial charge on any atom is -0.357 e. The molecule has 19 heavy (non-hydrogen) atoms. The molecule has 0 saturated carbocycles. The van der Waals surface area contributed by atoms with Crippen LogP contribution in [-0.2, 0) is 0 Å². The summed E-state index contributed by atoms with van der Waals surface area (Å²) in [7, 11) is 0. The molecular formula is C16H17FN2. The van der Waals surface area contributed by atoms with Gasteiger partial charge in [-0.05, 0) is 48.6 Å². The molecule has 0 radical (unpaired) electrons. The van der Waals surface area contributed by atoms with Gasteiger partial charge in [-0.1, -0.05) is 18.2 Å². The van der Waals surface area contributed by atoms with Gasteiger partial charge in [0.2, 0.25) is 0 Å². The molecule has 0 spiro atoms. The number of pyridine rings is 1. The van der Waals surface area contributed by atoms with Gasteiger partial charge in [-0.3, -0.25) is 0 Å². The summed E-state index contributed by atoms with van der Waals surface area (Å²) in [6.07, 6.45) is 4.03. The average Bonchev–Trinajstić information content (AvgIpc) is 2.49. The average molecular weight is 256 g/mol. The molecule has 3 heteroatoms.